The Morgan fingerprint density at radius 2 is 2.10 bits per heavy atom. The quantitative estimate of drug-likeness (QED) is 0.349. The molecule has 10 heteroatoms. The first kappa shape index (κ1) is 21.0. The fourth-order valence-electron chi connectivity index (χ4n) is 2.78. The Labute approximate surface area is 173 Å². The topological polar surface area (TPSA) is 119 Å². The van der Waals surface area contributed by atoms with E-state index in [1.807, 2.05) is 6.07 Å². The number of carbonyl (C=O) groups excluding carboxylic acids is 1. The van der Waals surface area contributed by atoms with Gasteiger partial charge in [-0.2, -0.15) is 5.26 Å². The van der Waals surface area contributed by atoms with Crippen molar-refractivity contribution in [3.8, 4) is 6.07 Å². The summed E-state index contributed by atoms with van der Waals surface area (Å²) in [5.41, 5.74) is 1.06. The lowest BCUT2D eigenvalue weighted by Crippen LogP contribution is -2.18. The van der Waals surface area contributed by atoms with E-state index in [-0.39, 0.29) is 40.4 Å². The summed E-state index contributed by atoms with van der Waals surface area (Å²) in [6.07, 6.45) is 1.89. The largest absolute Gasteiger partial charge is 0.760 e. The van der Waals surface area contributed by atoms with E-state index in [0.29, 0.717) is 17.5 Å². The van der Waals surface area contributed by atoms with Crippen molar-refractivity contribution in [1.29, 1.82) is 5.26 Å². The van der Waals surface area contributed by atoms with Gasteiger partial charge in [-0.05, 0) is 42.7 Å². The fourth-order valence-corrected chi connectivity index (χ4v) is 3.32. The highest BCUT2D eigenvalue weighted by Crippen LogP contribution is 2.27. The van der Waals surface area contributed by atoms with Crippen molar-refractivity contribution in [2.24, 2.45) is 0 Å². The average Bonchev–Trinajstić information content (AvgIpc) is 2.71. The minimum atomic E-state index is -2.38. The van der Waals surface area contributed by atoms with Crippen LogP contribution in [0.3, 0.4) is 0 Å². The van der Waals surface area contributed by atoms with Crippen LogP contribution in [0.2, 0.25) is 5.02 Å². The molecular formula is C19H13ClFN4O3S-. The number of carbonyl (C=O) groups is 1. The third kappa shape index (κ3) is 4.81. The van der Waals surface area contributed by atoms with Crippen LogP contribution in [0.4, 0.5) is 4.39 Å². The van der Waals surface area contributed by atoms with Gasteiger partial charge >= 0.3 is 0 Å². The molecule has 2 aromatic carbocycles. The summed E-state index contributed by atoms with van der Waals surface area (Å²) in [4.78, 5) is 21.1. The van der Waals surface area contributed by atoms with E-state index < -0.39 is 22.9 Å². The average molecular weight is 432 g/mol. The molecule has 0 saturated heterocycles. The molecule has 0 spiro atoms. The molecule has 29 heavy (non-hydrogen) atoms. The molecule has 0 fully saturated rings. The lowest BCUT2D eigenvalue weighted by atomic mass is 9.98. The summed E-state index contributed by atoms with van der Waals surface area (Å²) < 4.78 is 38.1. The van der Waals surface area contributed by atoms with Crippen LogP contribution in [0.1, 0.15) is 33.6 Å². The summed E-state index contributed by atoms with van der Waals surface area (Å²) in [5.74, 6) is -1.37. The van der Waals surface area contributed by atoms with Crippen molar-refractivity contribution in [2.75, 3.05) is 6.54 Å². The van der Waals surface area contributed by atoms with Gasteiger partial charge in [0, 0.05) is 23.4 Å². The molecule has 0 aliphatic rings. The van der Waals surface area contributed by atoms with E-state index in [9.17, 15) is 17.9 Å². The summed E-state index contributed by atoms with van der Waals surface area (Å²) in [6, 6.07) is 9.25. The Bertz CT molecular complexity index is 1170. The van der Waals surface area contributed by atoms with Gasteiger partial charge in [0.15, 0.2) is 11.5 Å². The van der Waals surface area contributed by atoms with Gasteiger partial charge in [-0.25, -0.2) is 14.1 Å². The van der Waals surface area contributed by atoms with Crippen LogP contribution >= 0.6 is 11.6 Å². The molecule has 3 rings (SSSR count). The minimum Gasteiger partial charge on any atom is -0.760 e. The van der Waals surface area contributed by atoms with Gasteiger partial charge in [-0.1, -0.05) is 17.7 Å². The number of benzene rings is 2. The van der Waals surface area contributed by atoms with Crippen LogP contribution < -0.4 is 4.72 Å². The third-order valence-corrected chi connectivity index (χ3v) is 4.91. The number of fused-ring (bicyclic) bond motifs is 1. The Balaban J connectivity index is 1.92. The number of hydrogen-bond donors (Lipinski definition) is 1. The number of nitrogens with zero attached hydrogens (tertiary/aromatic N) is 3. The van der Waals surface area contributed by atoms with Crippen LogP contribution in [0.5, 0.6) is 0 Å². The predicted octanol–water partition coefficient (Wildman–Crippen LogP) is 2.84. The predicted molar refractivity (Wildman–Crippen MR) is 104 cm³/mol. The van der Waals surface area contributed by atoms with Crippen molar-refractivity contribution in [2.45, 2.75) is 12.8 Å². The van der Waals surface area contributed by atoms with E-state index in [2.05, 4.69) is 14.7 Å². The van der Waals surface area contributed by atoms with E-state index in [1.54, 1.807) is 6.07 Å². The number of aromatic nitrogens is 2. The van der Waals surface area contributed by atoms with Gasteiger partial charge in [0.05, 0.1) is 27.8 Å². The van der Waals surface area contributed by atoms with Gasteiger partial charge in [0.25, 0.3) is 0 Å². The molecule has 1 unspecified atom stereocenters. The standard InChI is InChI=1S/C19H14ClFN4O3S/c20-14-5-3-11(2-1-7-24-29(27)28)18(21)17(14)19(26)12-4-6-15-16(8-12)25-13(9-22)10-23-15/h3-6,8,10,24H,1-2,7H2,(H,27,28)/p-1. The van der Waals surface area contributed by atoms with Gasteiger partial charge in [0.2, 0.25) is 0 Å². The Kier molecular flexibility index (Phi) is 6.61. The lowest BCUT2D eigenvalue weighted by molar-refractivity contribution is 0.103. The fraction of sp³-hybridized carbons (Fsp3) is 0.158. The second kappa shape index (κ2) is 9.15. The maximum atomic E-state index is 15.0. The van der Waals surface area contributed by atoms with Crippen LogP contribution in [0.15, 0.2) is 36.5 Å². The van der Waals surface area contributed by atoms with E-state index in [0.717, 1.165) is 0 Å². The highest BCUT2D eigenvalue weighted by Gasteiger charge is 2.21. The van der Waals surface area contributed by atoms with Crippen LogP contribution in [0, 0.1) is 17.1 Å². The van der Waals surface area contributed by atoms with Crippen LogP contribution in [-0.2, 0) is 17.7 Å². The summed E-state index contributed by atoms with van der Waals surface area (Å²) >= 11 is 3.71. The number of rotatable bonds is 7. The smallest absolute Gasteiger partial charge is 0.197 e. The van der Waals surface area contributed by atoms with Crippen LogP contribution in [-0.4, -0.2) is 31.1 Å². The molecule has 0 saturated carbocycles. The normalized spacial score (nSPS) is 11.9. The molecule has 3 aromatic rings. The van der Waals surface area contributed by atoms with Crippen molar-refractivity contribution in [3.63, 3.8) is 0 Å². The number of ketones is 1. The van der Waals surface area contributed by atoms with E-state index in [4.69, 9.17) is 16.9 Å². The first-order valence-electron chi connectivity index (χ1n) is 8.42. The van der Waals surface area contributed by atoms with Crippen LogP contribution in [0.25, 0.3) is 11.0 Å². The van der Waals surface area contributed by atoms with Gasteiger partial charge in [-0.15, -0.1) is 0 Å². The first-order chi connectivity index (χ1) is 13.9. The maximum absolute atomic E-state index is 15.0. The van der Waals surface area contributed by atoms with Gasteiger partial charge in [0.1, 0.15) is 11.9 Å². The maximum Gasteiger partial charge on any atom is 0.197 e. The third-order valence-electron chi connectivity index (χ3n) is 4.16. The summed E-state index contributed by atoms with van der Waals surface area (Å²) in [5, 5.41) is 8.92. The molecule has 0 amide bonds. The molecule has 1 heterocycles. The van der Waals surface area contributed by atoms with Gasteiger partial charge in [-0.3, -0.25) is 14.0 Å². The van der Waals surface area contributed by atoms with Crippen molar-refractivity contribution < 1.29 is 17.9 Å². The molecule has 0 aliphatic carbocycles. The SMILES string of the molecule is N#Cc1cnc2ccc(C(=O)c3c(Cl)ccc(CCCNS(=O)[O-])c3F)cc2n1. The summed E-state index contributed by atoms with van der Waals surface area (Å²) in [7, 11) is 0. The molecule has 0 radical (unpaired) electrons. The molecule has 7 nitrogen and oxygen atoms in total. The Morgan fingerprint density at radius 3 is 2.83 bits per heavy atom. The molecule has 1 N–H and O–H groups in total. The Hall–Kier alpha value is -2.77. The second-order valence-electron chi connectivity index (χ2n) is 6.03. The van der Waals surface area contributed by atoms with Gasteiger partial charge < -0.3 is 4.55 Å². The molecule has 148 valence electrons. The lowest BCUT2D eigenvalue weighted by Gasteiger charge is -2.11. The molecule has 1 aromatic heterocycles. The van der Waals surface area contributed by atoms with Crippen molar-refractivity contribution in [1.82, 2.24) is 14.7 Å². The monoisotopic (exact) mass is 431 g/mol. The highest BCUT2D eigenvalue weighted by molar-refractivity contribution is 7.77. The molecule has 0 bridgehead atoms. The van der Waals surface area contributed by atoms with E-state index >= 15 is 0 Å². The zero-order valence-electron chi connectivity index (χ0n) is 14.8. The van der Waals surface area contributed by atoms with Crippen molar-refractivity contribution in [3.05, 3.63) is 69.8 Å². The second-order valence-corrected chi connectivity index (χ2v) is 7.19. The zero-order valence-corrected chi connectivity index (χ0v) is 16.4. The highest BCUT2D eigenvalue weighted by atomic mass is 35.5. The molecule has 0 aliphatic heterocycles. The molecule has 1 atom stereocenters. The van der Waals surface area contributed by atoms with E-state index in [1.165, 1.54) is 30.5 Å². The first-order valence-corrected chi connectivity index (χ1v) is 9.87. The minimum absolute atomic E-state index is 0.0352. The molecular weight excluding hydrogens is 419 g/mol. The number of aryl methyl sites for hydroxylation is 1. The summed E-state index contributed by atoms with van der Waals surface area (Å²) in [6.45, 7) is 0.145. The number of nitriles is 1. The number of nitrogens with one attached hydrogen (secondary N) is 1. The number of halogens is 2. The van der Waals surface area contributed by atoms with Crippen molar-refractivity contribution >= 4 is 39.7 Å². The zero-order chi connectivity index (χ0) is 21.0. The Morgan fingerprint density at radius 1 is 1.31 bits per heavy atom. The number of hydrogen-bond acceptors (Lipinski definition) is 6.